The zero-order valence-electron chi connectivity index (χ0n) is 10.7. The number of hydrogen-bond acceptors (Lipinski definition) is 2. The van der Waals surface area contributed by atoms with Crippen LogP contribution in [0.1, 0.15) is 44.9 Å². The third-order valence-corrected chi connectivity index (χ3v) is 7.72. The van der Waals surface area contributed by atoms with Crippen LogP contribution in [0.5, 0.6) is 0 Å². The molecule has 4 aliphatic carbocycles. The number of rotatable bonds is 2. The fraction of sp³-hybridized carbons (Fsp3) is 1.00. The topological polar surface area (TPSA) is 12.0 Å². The van der Waals surface area contributed by atoms with E-state index in [-0.39, 0.29) is 0 Å². The first-order chi connectivity index (χ1) is 8.38. The van der Waals surface area contributed by atoms with Gasteiger partial charge in [0.2, 0.25) is 0 Å². The second-order valence-corrected chi connectivity index (χ2v) is 8.46. The summed E-state index contributed by atoms with van der Waals surface area (Å²) in [5.41, 5.74) is 0. The zero-order valence-corrected chi connectivity index (χ0v) is 11.6. The van der Waals surface area contributed by atoms with E-state index in [9.17, 15) is 0 Å². The highest BCUT2D eigenvalue weighted by molar-refractivity contribution is 8.00. The van der Waals surface area contributed by atoms with Gasteiger partial charge in [-0.05, 0) is 81.7 Å². The molecule has 0 aromatic rings. The first-order valence-corrected chi connectivity index (χ1v) is 8.69. The molecule has 1 aliphatic heterocycles. The van der Waals surface area contributed by atoms with Crippen molar-refractivity contribution in [2.24, 2.45) is 23.7 Å². The number of nitrogens with one attached hydrogen (secondary N) is 1. The first kappa shape index (κ1) is 11.2. The predicted molar refractivity (Wildman–Crippen MR) is 74.3 cm³/mol. The molecule has 4 saturated carbocycles. The minimum Gasteiger partial charge on any atom is -0.317 e. The van der Waals surface area contributed by atoms with Gasteiger partial charge in [-0.25, -0.2) is 0 Å². The van der Waals surface area contributed by atoms with Gasteiger partial charge in [-0.2, -0.15) is 11.8 Å². The standard InChI is InChI=1S/C15H25NS/c1-3-16-4-2-14(1)17-15-12-6-10-5-11(8-12)9-13(15)7-10/h10-16H,1-9H2. The molecular weight excluding hydrogens is 226 g/mol. The Morgan fingerprint density at radius 3 is 1.94 bits per heavy atom. The number of piperidine rings is 1. The van der Waals surface area contributed by atoms with Crippen LogP contribution in [0.25, 0.3) is 0 Å². The van der Waals surface area contributed by atoms with Gasteiger partial charge in [-0.3, -0.25) is 0 Å². The Morgan fingerprint density at radius 2 is 1.35 bits per heavy atom. The molecule has 1 N–H and O–H groups in total. The number of hydrogen-bond donors (Lipinski definition) is 1. The Hall–Kier alpha value is 0.310. The summed E-state index contributed by atoms with van der Waals surface area (Å²) in [7, 11) is 0. The first-order valence-electron chi connectivity index (χ1n) is 7.74. The van der Waals surface area contributed by atoms with Crippen LogP contribution in [0.2, 0.25) is 0 Å². The van der Waals surface area contributed by atoms with Crippen molar-refractivity contribution < 1.29 is 0 Å². The highest BCUT2D eigenvalue weighted by atomic mass is 32.2. The fourth-order valence-electron chi connectivity index (χ4n) is 5.25. The lowest BCUT2D eigenvalue weighted by atomic mass is 9.56. The van der Waals surface area contributed by atoms with Crippen LogP contribution < -0.4 is 5.32 Å². The van der Waals surface area contributed by atoms with Crippen molar-refractivity contribution in [3.63, 3.8) is 0 Å². The third-order valence-electron chi connectivity index (χ3n) is 5.78. The molecule has 2 heteroatoms. The highest BCUT2D eigenvalue weighted by Gasteiger charge is 2.48. The minimum atomic E-state index is 0.985. The van der Waals surface area contributed by atoms with E-state index < -0.39 is 0 Å². The molecule has 0 atom stereocenters. The molecule has 4 bridgehead atoms. The normalized spacial score (nSPS) is 49.8. The molecule has 0 amide bonds. The molecule has 0 spiro atoms. The highest BCUT2D eigenvalue weighted by Crippen LogP contribution is 2.57. The lowest BCUT2D eigenvalue weighted by Crippen LogP contribution is -2.47. The third kappa shape index (κ3) is 2.06. The summed E-state index contributed by atoms with van der Waals surface area (Å²) in [4.78, 5) is 0. The van der Waals surface area contributed by atoms with Crippen molar-refractivity contribution >= 4 is 11.8 Å². The van der Waals surface area contributed by atoms with Gasteiger partial charge in [0.1, 0.15) is 0 Å². The van der Waals surface area contributed by atoms with Crippen molar-refractivity contribution in [2.75, 3.05) is 13.1 Å². The van der Waals surface area contributed by atoms with Crippen LogP contribution in [0.15, 0.2) is 0 Å². The maximum absolute atomic E-state index is 3.50. The Morgan fingerprint density at radius 1 is 0.765 bits per heavy atom. The second kappa shape index (κ2) is 4.45. The molecular formula is C15H25NS. The zero-order chi connectivity index (χ0) is 11.2. The summed E-state index contributed by atoms with van der Waals surface area (Å²) < 4.78 is 0. The van der Waals surface area contributed by atoms with Gasteiger partial charge in [0.25, 0.3) is 0 Å². The molecule has 96 valence electrons. The van der Waals surface area contributed by atoms with Gasteiger partial charge < -0.3 is 5.32 Å². The van der Waals surface area contributed by atoms with E-state index in [1.807, 2.05) is 0 Å². The molecule has 5 rings (SSSR count). The second-order valence-electron chi connectivity index (χ2n) is 6.98. The molecule has 0 unspecified atom stereocenters. The predicted octanol–water partition coefficient (Wildman–Crippen LogP) is 3.30. The fourth-order valence-corrected chi connectivity index (χ4v) is 7.09. The van der Waals surface area contributed by atoms with Gasteiger partial charge in [-0.15, -0.1) is 0 Å². The smallest absolute Gasteiger partial charge is 0.0107 e. The Balaban J connectivity index is 1.43. The summed E-state index contributed by atoms with van der Waals surface area (Å²) in [6, 6.07) is 0. The van der Waals surface area contributed by atoms with Gasteiger partial charge in [0.15, 0.2) is 0 Å². The largest absolute Gasteiger partial charge is 0.317 e. The number of thioether (sulfide) groups is 1. The van der Waals surface area contributed by atoms with Crippen LogP contribution in [-0.4, -0.2) is 23.6 Å². The van der Waals surface area contributed by atoms with E-state index in [0.29, 0.717) is 0 Å². The monoisotopic (exact) mass is 251 g/mol. The van der Waals surface area contributed by atoms with Crippen molar-refractivity contribution in [3.8, 4) is 0 Å². The summed E-state index contributed by atoms with van der Waals surface area (Å²) >= 11 is 2.42. The van der Waals surface area contributed by atoms with Crippen molar-refractivity contribution in [3.05, 3.63) is 0 Å². The molecule has 5 fully saturated rings. The maximum atomic E-state index is 3.50. The molecule has 0 aromatic heterocycles. The SMILES string of the molecule is C1CC(SC2C3CC4CC(C3)CC2C4)CCN1. The summed E-state index contributed by atoms with van der Waals surface area (Å²) in [5.74, 6) is 4.52. The molecule has 0 radical (unpaired) electrons. The van der Waals surface area contributed by atoms with Gasteiger partial charge in [0.05, 0.1) is 0 Å². The molecule has 5 aliphatic rings. The molecule has 1 heterocycles. The van der Waals surface area contributed by atoms with Crippen molar-refractivity contribution in [1.82, 2.24) is 5.32 Å². The Labute approximate surface area is 109 Å². The van der Waals surface area contributed by atoms with E-state index in [1.165, 1.54) is 25.9 Å². The van der Waals surface area contributed by atoms with Gasteiger partial charge in [-0.1, -0.05) is 0 Å². The van der Waals surface area contributed by atoms with Gasteiger partial charge in [0, 0.05) is 10.5 Å². The van der Waals surface area contributed by atoms with Crippen LogP contribution in [-0.2, 0) is 0 Å². The van der Waals surface area contributed by atoms with E-state index >= 15 is 0 Å². The van der Waals surface area contributed by atoms with Crippen molar-refractivity contribution in [1.29, 1.82) is 0 Å². The average molecular weight is 251 g/mol. The summed E-state index contributed by atoms with van der Waals surface area (Å²) in [6.07, 6.45) is 10.8. The van der Waals surface area contributed by atoms with Crippen LogP contribution in [0.4, 0.5) is 0 Å². The molecule has 1 nitrogen and oxygen atoms in total. The molecule has 1 saturated heterocycles. The van der Waals surface area contributed by atoms with Crippen molar-refractivity contribution in [2.45, 2.75) is 55.4 Å². The lowest BCUT2D eigenvalue weighted by molar-refractivity contribution is 0.0265. The van der Waals surface area contributed by atoms with Crippen LogP contribution in [0, 0.1) is 23.7 Å². The lowest BCUT2D eigenvalue weighted by Gasteiger charge is -2.54. The van der Waals surface area contributed by atoms with E-state index in [2.05, 4.69) is 17.1 Å². The van der Waals surface area contributed by atoms with Crippen LogP contribution >= 0.6 is 11.8 Å². The van der Waals surface area contributed by atoms with Gasteiger partial charge >= 0.3 is 0 Å². The Bertz CT molecular complexity index is 257. The summed E-state index contributed by atoms with van der Waals surface area (Å²) in [5, 5.41) is 5.55. The quantitative estimate of drug-likeness (QED) is 0.808. The van der Waals surface area contributed by atoms with E-state index in [1.54, 1.807) is 32.1 Å². The van der Waals surface area contributed by atoms with Crippen LogP contribution in [0.3, 0.4) is 0 Å². The van der Waals surface area contributed by atoms with E-state index in [0.717, 1.165) is 34.2 Å². The molecule has 0 aromatic carbocycles. The van der Waals surface area contributed by atoms with E-state index in [4.69, 9.17) is 0 Å². The summed E-state index contributed by atoms with van der Waals surface area (Å²) in [6.45, 7) is 2.54. The average Bonchev–Trinajstić information content (AvgIpc) is 2.34. The molecule has 17 heavy (non-hydrogen) atoms. The maximum Gasteiger partial charge on any atom is 0.0107 e. The Kier molecular flexibility index (Phi) is 2.92. The minimum absolute atomic E-state index is 0.985.